The second-order valence-electron chi connectivity index (χ2n) is 7.95. The summed E-state index contributed by atoms with van der Waals surface area (Å²) in [6.07, 6.45) is 1.91. The maximum absolute atomic E-state index is 13.3. The molecule has 0 aliphatic carbocycles. The topological polar surface area (TPSA) is 61.4 Å². The van der Waals surface area contributed by atoms with E-state index in [0.717, 1.165) is 30.5 Å². The highest BCUT2D eigenvalue weighted by Crippen LogP contribution is 2.27. The summed E-state index contributed by atoms with van der Waals surface area (Å²) < 4.78 is 13.3. The van der Waals surface area contributed by atoms with Crippen molar-refractivity contribution in [3.8, 4) is 0 Å². The summed E-state index contributed by atoms with van der Waals surface area (Å²) in [5.41, 5.74) is 2.34. The van der Waals surface area contributed by atoms with Gasteiger partial charge in [0.2, 0.25) is 0 Å². The summed E-state index contributed by atoms with van der Waals surface area (Å²) in [6, 6.07) is 12.0. The first kappa shape index (κ1) is 22.1. The van der Waals surface area contributed by atoms with E-state index in [1.54, 1.807) is 12.1 Å². The third-order valence-corrected chi connectivity index (χ3v) is 5.47. The molecule has 30 heavy (non-hydrogen) atoms. The number of carbonyl (C=O) groups is 2. The Balaban J connectivity index is 1.64. The molecule has 0 aromatic heterocycles. The maximum Gasteiger partial charge on any atom is 0.317 e. The molecule has 7 heteroatoms. The number of likely N-dealkylation sites (tertiary alicyclic amines) is 1. The van der Waals surface area contributed by atoms with Crippen LogP contribution in [0.25, 0.3) is 0 Å². The lowest BCUT2D eigenvalue weighted by atomic mass is 9.89. The van der Waals surface area contributed by atoms with Gasteiger partial charge in [-0.05, 0) is 62.1 Å². The summed E-state index contributed by atoms with van der Waals surface area (Å²) in [6.45, 7) is 5.53. The van der Waals surface area contributed by atoms with Gasteiger partial charge in [-0.3, -0.25) is 4.79 Å². The van der Waals surface area contributed by atoms with Crippen molar-refractivity contribution < 1.29 is 14.0 Å². The highest BCUT2D eigenvalue weighted by molar-refractivity contribution is 6.30. The third kappa shape index (κ3) is 5.72. The molecule has 1 fully saturated rings. The lowest BCUT2D eigenvalue weighted by Gasteiger charge is -2.33. The van der Waals surface area contributed by atoms with Gasteiger partial charge in [-0.25, -0.2) is 9.18 Å². The van der Waals surface area contributed by atoms with Gasteiger partial charge in [-0.2, -0.15) is 0 Å². The predicted molar refractivity (Wildman–Crippen MR) is 116 cm³/mol. The smallest absolute Gasteiger partial charge is 0.317 e. The largest absolute Gasteiger partial charge is 0.348 e. The molecule has 1 aliphatic rings. The van der Waals surface area contributed by atoms with Crippen LogP contribution in [0.3, 0.4) is 0 Å². The molecule has 2 aromatic rings. The van der Waals surface area contributed by atoms with Crippen LogP contribution in [0.15, 0.2) is 42.5 Å². The van der Waals surface area contributed by atoms with Crippen LogP contribution in [0.1, 0.15) is 54.1 Å². The first-order chi connectivity index (χ1) is 14.3. The highest BCUT2D eigenvalue weighted by atomic mass is 35.5. The number of piperidine rings is 1. The van der Waals surface area contributed by atoms with E-state index < -0.39 is 5.82 Å². The predicted octanol–water partition coefficient (Wildman–Crippen LogP) is 4.71. The van der Waals surface area contributed by atoms with Crippen LogP contribution in [0.2, 0.25) is 5.02 Å². The second kappa shape index (κ2) is 9.94. The van der Waals surface area contributed by atoms with Crippen molar-refractivity contribution in [3.63, 3.8) is 0 Å². The van der Waals surface area contributed by atoms with Gasteiger partial charge >= 0.3 is 6.03 Å². The van der Waals surface area contributed by atoms with E-state index in [9.17, 15) is 14.0 Å². The summed E-state index contributed by atoms with van der Waals surface area (Å²) in [5, 5.41) is 5.82. The Morgan fingerprint density at radius 3 is 2.77 bits per heavy atom. The van der Waals surface area contributed by atoms with Crippen LogP contribution in [0, 0.1) is 5.82 Å². The molecule has 2 aromatic carbocycles. The van der Waals surface area contributed by atoms with Gasteiger partial charge in [0, 0.05) is 37.2 Å². The molecule has 0 spiro atoms. The normalized spacial score (nSPS) is 16.4. The SMILES string of the molecule is CC(C)NC(=O)N1CCCC(c2cccc(C(=O)NCc3ccc(F)c(Cl)c3)c2)C1. The van der Waals surface area contributed by atoms with Crippen LogP contribution in [-0.4, -0.2) is 36.0 Å². The van der Waals surface area contributed by atoms with E-state index in [-0.39, 0.29) is 35.5 Å². The summed E-state index contributed by atoms with van der Waals surface area (Å²) >= 11 is 5.79. The van der Waals surface area contributed by atoms with Gasteiger partial charge in [0.05, 0.1) is 5.02 Å². The van der Waals surface area contributed by atoms with Crippen molar-refractivity contribution in [2.45, 2.75) is 45.2 Å². The fourth-order valence-corrected chi connectivity index (χ4v) is 3.84. The molecular weight excluding hydrogens is 405 g/mol. The van der Waals surface area contributed by atoms with Crippen LogP contribution in [-0.2, 0) is 6.54 Å². The molecule has 0 bridgehead atoms. The molecule has 1 aliphatic heterocycles. The van der Waals surface area contributed by atoms with Crippen molar-refractivity contribution >= 4 is 23.5 Å². The van der Waals surface area contributed by atoms with Crippen molar-refractivity contribution in [1.82, 2.24) is 15.5 Å². The number of rotatable bonds is 5. The van der Waals surface area contributed by atoms with E-state index in [2.05, 4.69) is 10.6 Å². The van der Waals surface area contributed by atoms with E-state index in [4.69, 9.17) is 11.6 Å². The number of halogens is 2. The van der Waals surface area contributed by atoms with Crippen molar-refractivity contribution in [2.75, 3.05) is 13.1 Å². The fraction of sp³-hybridized carbons (Fsp3) is 0.391. The molecule has 1 atom stereocenters. The Kier molecular flexibility index (Phi) is 7.32. The Bertz CT molecular complexity index is 919. The maximum atomic E-state index is 13.3. The Morgan fingerprint density at radius 1 is 1.23 bits per heavy atom. The minimum absolute atomic E-state index is 0.0344. The lowest BCUT2D eigenvalue weighted by molar-refractivity contribution is 0.0950. The van der Waals surface area contributed by atoms with Gasteiger partial charge in [-0.1, -0.05) is 29.8 Å². The molecule has 2 N–H and O–H groups in total. The Labute approximate surface area is 181 Å². The summed E-state index contributed by atoms with van der Waals surface area (Å²) in [7, 11) is 0. The first-order valence-corrected chi connectivity index (χ1v) is 10.6. The zero-order valence-electron chi connectivity index (χ0n) is 17.3. The Morgan fingerprint density at radius 2 is 2.03 bits per heavy atom. The third-order valence-electron chi connectivity index (χ3n) is 5.18. The van der Waals surface area contributed by atoms with Crippen LogP contribution < -0.4 is 10.6 Å². The number of benzene rings is 2. The van der Waals surface area contributed by atoms with Crippen LogP contribution in [0.4, 0.5) is 9.18 Å². The molecule has 3 amide bonds. The van der Waals surface area contributed by atoms with E-state index in [1.807, 2.05) is 36.9 Å². The number of nitrogens with zero attached hydrogens (tertiary/aromatic N) is 1. The summed E-state index contributed by atoms with van der Waals surface area (Å²) in [5.74, 6) is -0.495. The number of hydrogen-bond acceptors (Lipinski definition) is 2. The average Bonchev–Trinajstić information content (AvgIpc) is 2.74. The van der Waals surface area contributed by atoms with Gasteiger partial charge in [-0.15, -0.1) is 0 Å². The number of amides is 3. The molecule has 1 saturated heterocycles. The van der Waals surface area contributed by atoms with Gasteiger partial charge < -0.3 is 15.5 Å². The number of hydrogen-bond donors (Lipinski definition) is 2. The zero-order valence-corrected chi connectivity index (χ0v) is 18.0. The minimum atomic E-state index is -0.483. The lowest BCUT2D eigenvalue weighted by Crippen LogP contribution is -2.47. The van der Waals surface area contributed by atoms with Crippen molar-refractivity contribution in [2.24, 2.45) is 0 Å². The van der Waals surface area contributed by atoms with Crippen LogP contribution in [0.5, 0.6) is 0 Å². The molecule has 160 valence electrons. The first-order valence-electron chi connectivity index (χ1n) is 10.2. The van der Waals surface area contributed by atoms with E-state index >= 15 is 0 Å². The van der Waals surface area contributed by atoms with E-state index in [1.165, 1.54) is 12.1 Å². The molecule has 3 rings (SSSR count). The molecule has 1 unspecified atom stereocenters. The molecule has 5 nitrogen and oxygen atoms in total. The molecule has 1 heterocycles. The highest BCUT2D eigenvalue weighted by Gasteiger charge is 2.25. The molecule has 0 saturated carbocycles. The Hall–Kier alpha value is -2.60. The number of urea groups is 1. The number of carbonyl (C=O) groups excluding carboxylic acids is 2. The zero-order chi connectivity index (χ0) is 21.7. The van der Waals surface area contributed by atoms with Crippen molar-refractivity contribution in [3.05, 3.63) is 70.0 Å². The van der Waals surface area contributed by atoms with Crippen LogP contribution >= 0.6 is 11.6 Å². The number of nitrogens with one attached hydrogen (secondary N) is 2. The van der Waals surface area contributed by atoms with E-state index in [0.29, 0.717) is 12.1 Å². The van der Waals surface area contributed by atoms with Gasteiger partial charge in [0.15, 0.2) is 0 Å². The minimum Gasteiger partial charge on any atom is -0.348 e. The standard InChI is InChI=1S/C23H27ClFN3O2/c1-15(2)27-23(30)28-10-4-7-19(14-28)17-5-3-6-18(12-17)22(29)26-13-16-8-9-21(25)20(24)11-16/h3,5-6,8-9,11-12,15,19H,4,7,10,13-14H2,1-2H3,(H,26,29)(H,27,30). The van der Waals surface area contributed by atoms with Gasteiger partial charge in [0.25, 0.3) is 5.91 Å². The van der Waals surface area contributed by atoms with Gasteiger partial charge in [0.1, 0.15) is 5.82 Å². The second-order valence-corrected chi connectivity index (χ2v) is 8.35. The fourth-order valence-electron chi connectivity index (χ4n) is 3.64. The summed E-state index contributed by atoms with van der Waals surface area (Å²) in [4.78, 5) is 26.8. The quantitative estimate of drug-likeness (QED) is 0.720. The molecule has 0 radical (unpaired) electrons. The van der Waals surface area contributed by atoms with Crippen molar-refractivity contribution in [1.29, 1.82) is 0 Å². The average molecular weight is 432 g/mol. The molecular formula is C23H27ClFN3O2. The monoisotopic (exact) mass is 431 g/mol.